The van der Waals surface area contributed by atoms with Crippen LogP contribution < -0.4 is 10.6 Å². The zero-order valence-corrected chi connectivity index (χ0v) is 15.5. The summed E-state index contributed by atoms with van der Waals surface area (Å²) in [6, 6.07) is 6.93. The maximum absolute atomic E-state index is 12.3. The summed E-state index contributed by atoms with van der Waals surface area (Å²) in [4.78, 5) is 36.8. The molecule has 1 aliphatic carbocycles. The van der Waals surface area contributed by atoms with Crippen molar-refractivity contribution in [3.8, 4) is 0 Å². The lowest BCUT2D eigenvalue weighted by Gasteiger charge is -2.09. The maximum atomic E-state index is 12.3. The van der Waals surface area contributed by atoms with E-state index in [4.69, 9.17) is 4.74 Å². The molecule has 1 aromatic heterocycles. The van der Waals surface area contributed by atoms with Gasteiger partial charge in [0.15, 0.2) is 5.78 Å². The van der Waals surface area contributed by atoms with E-state index in [0.29, 0.717) is 16.1 Å². The van der Waals surface area contributed by atoms with Crippen LogP contribution in [0.4, 0.5) is 10.7 Å². The molecule has 1 aliphatic rings. The minimum atomic E-state index is -0.410. The summed E-state index contributed by atoms with van der Waals surface area (Å²) in [7, 11) is 1.35. The Labute approximate surface area is 155 Å². The predicted molar refractivity (Wildman–Crippen MR) is 101 cm³/mol. The third kappa shape index (κ3) is 3.77. The third-order valence-electron chi connectivity index (χ3n) is 4.31. The van der Waals surface area contributed by atoms with Gasteiger partial charge in [-0.15, -0.1) is 11.3 Å². The Kier molecular flexibility index (Phi) is 5.37. The van der Waals surface area contributed by atoms with Gasteiger partial charge in [0.05, 0.1) is 19.2 Å². The number of benzene rings is 1. The number of rotatable bonds is 6. The first-order chi connectivity index (χ1) is 12.5. The molecule has 1 heterocycles. The van der Waals surface area contributed by atoms with E-state index in [2.05, 4.69) is 10.6 Å². The molecule has 1 amide bonds. The lowest BCUT2D eigenvalue weighted by Crippen LogP contribution is -2.22. The summed E-state index contributed by atoms with van der Waals surface area (Å²) in [6.45, 7) is 1.57. The summed E-state index contributed by atoms with van der Waals surface area (Å²) in [5.41, 5.74) is 2.86. The summed E-state index contributed by atoms with van der Waals surface area (Å²) < 4.78 is 4.88. The van der Waals surface area contributed by atoms with Crippen LogP contribution in [-0.4, -0.2) is 31.3 Å². The van der Waals surface area contributed by atoms with Gasteiger partial charge in [0, 0.05) is 16.1 Å². The number of ketones is 1. The van der Waals surface area contributed by atoms with Gasteiger partial charge in [-0.25, -0.2) is 4.79 Å². The summed E-state index contributed by atoms with van der Waals surface area (Å²) in [6.07, 6.45) is 2.80. The smallest absolute Gasteiger partial charge is 0.341 e. The van der Waals surface area contributed by atoms with Crippen molar-refractivity contribution < 1.29 is 19.1 Å². The highest BCUT2D eigenvalue weighted by Crippen LogP contribution is 2.39. The molecule has 2 aromatic rings. The van der Waals surface area contributed by atoms with Gasteiger partial charge >= 0.3 is 5.97 Å². The van der Waals surface area contributed by atoms with Crippen LogP contribution in [0.5, 0.6) is 0 Å². The average Bonchev–Trinajstić information content (AvgIpc) is 3.20. The number of methoxy groups -OCH3 is 1. The van der Waals surface area contributed by atoms with Crippen LogP contribution in [0, 0.1) is 0 Å². The second-order valence-electron chi connectivity index (χ2n) is 6.09. The van der Waals surface area contributed by atoms with Crippen molar-refractivity contribution in [3.05, 3.63) is 45.8 Å². The second-order valence-corrected chi connectivity index (χ2v) is 7.19. The van der Waals surface area contributed by atoms with E-state index < -0.39 is 5.97 Å². The quantitative estimate of drug-likeness (QED) is 0.600. The molecule has 6 nitrogen and oxygen atoms in total. The van der Waals surface area contributed by atoms with E-state index in [1.54, 1.807) is 24.3 Å². The Bertz CT molecular complexity index is 855. The highest BCUT2D eigenvalue weighted by atomic mass is 32.1. The highest BCUT2D eigenvalue weighted by Gasteiger charge is 2.27. The lowest BCUT2D eigenvalue weighted by molar-refractivity contribution is -0.114. The molecule has 0 saturated heterocycles. The second kappa shape index (κ2) is 7.70. The monoisotopic (exact) mass is 372 g/mol. The van der Waals surface area contributed by atoms with E-state index in [0.717, 1.165) is 35.4 Å². The van der Waals surface area contributed by atoms with Gasteiger partial charge < -0.3 is 15.4 Å². The molecule has 3 rings (SSSR count). The molecule has 0 bridgehead atoms. The molecule has 2 N–H and O–H groups in total. The normalized spacial score (nSPS) is 12.4. The van der Waals surface area contributed by atoms with Crippen LogP contribution in [-0.2, 0) is 22.4 Å². The Morgan fingerprint density at radius 2 is 1.88 bits per heavy atom. The van der Waals surface area contributed by atoms with E-state index in [9.17, 15) is 14.4 Å². The standard InChI is InChI=1S/C19H20N2O4S/c1-11(22)12-6-8-13(9-7-12)20-10-16(23)21-18-17(19(24)25-2)14-4-3-5-15(14)26-18/h6-9,20H,3-5,10H2,1-2H3,(H,21,23). The Balaban J connectivity index is 1.65. The molecular formula is C19H20N2O4S. The average molecular weight is 372 g/mol. The first-order valence-electron chi connectivity index (χ1n) is 8.37. The Morgan fingerprint density at radius 3 is 2.54 bits per heavy atom. The molecule has 0 spiro atoms. The molecule has 1 aromatic carbocycles. The fourth-order valence-electron chi connectivity index (χ4n) is 2.99. The minimum Gasteiger partial charge on any atom is -0.465 e. The molecule has 0 saturated carbocycles. The number of esters is 1. The molecule has 0 fully saturated rings. The van der Waals surface area contributed by atoms with Crippen molar-refractivity contribution in [2.45, 2.75) is 26.2 Å². The number of carbonyl (C=O) groups is 3. The zero-order valence-electron chi connectivity index (χ0n) is 14.7. The highest BCUT2D eigenvalue weighted by molar-refractivity contribution is 7.17. The van der Waals surface area contributed by atoms with Crippen LogP contribution in [0.1, 0.15) is 44.5 Å². The van der Waals surface area contributed by atoms with Crippen LogP contribution in [0.2, 0.25) is 0 Å². The van der Waals surface area contributed by atoms with Crippen LogP contribution in [0.25, 0.3) is 0 Å². The number of fused-ring (bicyclic) bond motifs is 1. The van der Waals surface area contributed by atoms with Gasteiger partial charge in [-0.05, 0) is 56.0 Å². The maximum Gasteiger partial charge on any atom is 0.341 e. The fourth-order valence-corrected chi connectivity index (χ4v) is 4.28. The molecule has 0 atom stereocenters. The number of amides is 1. The van der Waals surface area contributed by atoms with E-state index in [1.165, 1.54) is 25.4 Å². The number of hydrogen-bond donors (Lipinski definition) is 2. The van der Waals surface area contributed by atoms with Crippen molar-refractivity contribution in [2.75, 3.05) is 24.3 Å². The largest absolute Gasteiger partial charge is 0.465 e. The first kappa shape index (κ1) is 18.1. The predicted octanol–water partition coefficient (Wildman–Crippen LogP) is 3.28. The van der Waals surface area contributed by atoms with E-state index in [1.807, 2.05) is 0 Å². The minimum absolute atomic E-state index is 0.00428. The number of hydrogen-bond acceptors (Lipinski definition) is 6. The molecule has 26 heavy (non-hydrogen) atoms. The molecule has 0 radical (unpaired) electrons. The number of aryl methyl sites for hydroxylation is 1. The van der Waals surface area contributed by atoms with Crippen molar-refractivity contribution in [1.82, 2.24) is 0 Å². The number of Topliss-reactive ketones (excluding diaryl/α,β-unsaturated/α-hetero) is 1. The fraction of sp³-hybridized carbons (Fsp3) is 0.316. The number of anilines is 2. The summed E-state index contributed by atoms with van der Waals surface area (Å²) >= 11 is 1.45. The van der Waals surface area contributed by atoms with Crippen molar-refractivity contribution in [2.24, 2.45) is 0 Å². The molecular weight excluding hydrogens is 352 g/mol. The zero-order chi connectivity index (χ0) is 18.7. The number of ether oxygens (including phenoxy) is 1. The Morgan fingerprint density at radius 1 is 1.15 bits per heavy atom. The van der Waals surface area contributed by atoms with E-state index in [-0.39, 0.29) is 18.2 Å². The van der Waals surface area contributed by atoms with Crippen molar-refractivity contribution >= 4 is 39.7 Å². The molecule has 0 unspecified atom stereocenters. The van der Waals surface area contributed by atoms with Gasteiger partial charge in [-0.2, -0.15) is 0 Å². The van der Waals surface area contributed by atoms with Gasteiger partial charge in [-0.3, -0.25) is 9.59 Å². The van der Waals surface area contributed by atoms with Gasteiger partial charge in [-0.1, -0.05) is 0 Å². The first-order valence-corrected chi connectivity index (χ1v) is 9.19. The molecule has 0 aliphatic heterocycles. The van der Waals surface area contributed by atoms with Crippen LogP contribution >= 0.6 is 11.3 Å². The SMILES string of the molecule is COC(=O)c1c(NC(=O)CNc2ccc(C(C)=O)cc2)sc2c1CCC2. The number of thiophene rings is 1. The third-order valence-corrected chi connectivity index (χ3v) is 5.52. The van der Waals surface area contributed by atoms with Gasteiger partial charge in [0.1, 0.15) is 5.00 Å². The summed E-state index contributed by atoms with van der Waals surface area (Å²) in [5, 5.41) is 6.38. The van der Waals surface area contributed by atoms with Gasteiger partial charge in [0.2, 0.25) is 5.91 Å². The van der Waals surface area contributed by atoms with Crippen LogP contribution in [0.3, 0.4) is 0 Å². The van der Waals surface area contributed by atoms with Crippen molar-refractivity contribution in [1.29, 1.82) is 0 Å². The molecule has 136 valence electrons. The molecule has 7 heteroatoms. The Hall–Kier alpha value is -2.67. The number of carbonyl (C=O) groups excluding carboxylic acids is 3. The van der Waals surface area contributed by atoms with E-state index >= 15 is 0 Å². The van der Waals surface area contributed by atoms with Crippen molar-refractivity contribution in [3.63, 3.8) is 0 Å². The summed E-state index contributed by atoms with van der Waals surface area (Å²) in [5.74, 6) is -0.659. The topological polar surface area (TPSA) is 84.5 Å². The van der Waals surface area contributed by atoms with Crippen LogP contribution in [0.15, 0.2) is 24.3 Å². The number of nitrogens with one attached hydrogen (secondary N) is 2. The lowest BCUT2D eigenvalue weighted by atomic mass is 10.1. The van der Waals surface area contributed by atoms with Gasteiger partial charge in [0.25, 0.3) is 0 Å².